The molecule has 0 spiro atoms. The molecule has 1 aliphatic carbocycles. The SMILES string of the molecule is Cc1ccc2cc(-c3c4ccccc4c(-c4cccc5c4-c4ccccc4C5(C)C)c4cc(-c5ccccc5)ccc34)ccc2n1. The molecule has 0 aliphatic heterocycles. The fourth-order valence-corrected chi connectivity index (χ4v) is 7.94. The van der Waals surface area contributed by atoms with Crippen LogP contribution in [0.5, 0.6) is 0 Å². The van der Waals surface area contributed by atoms with Crippen LogP contribution in [0.15, 0.2) is 146 Å². The average molecular weight is 588 g/mol. The smallest absolute Gasteiger partial charge is 0.0705 e. The Bertz CT molecular complexity index is 2500. The van der Waals surface area contributed by atoms with Crippen LogP contribution >= 0.6 is 0 Å². The lowest BCUT2D eigenvalue weighted by molar-refractivity contribution is 0.660. The zero-order valence-electron chi connectivity index (χ0n) is 26.3. The molecule has 0 bridgehead atoms. The summed E-state index contributed by atoms with van der Waals surface area (Å²) in [7, 11) is 0. The third-order valence-electron chi connectivity index (χ3n) is 10.1. The van der Waals surface area contributed by atoms with E-state index in [2.05, 4.69) is 166 Å². The molecule has 0 unspecified atom stereocenters. The fourth-order valence-electron chi connectivity index (χ4n) is 7.94. The molecule has 1 aromatic heterocycles. The minimum Gasteiger partial charge on any atom is -0.253 e. The van der Waals surface area contributed by atoms with Gasteiger partial charge in [0.1, 0.15) is 0 Å². The standard InChI is InChI=1S/C45H33N/c1-28-20-21-31-26-32(23-25-41(31)46-28)42-33-14-7-8-15-34(33)43(38-27-30(22-24-35(38)42)29-12-5-4-6-13-29)37-17-11-19-40-44(37)36-16-9-10-18-39(36)45(40,2)3/h4-27H,1-3H3. The lowest BCUT2D eigenvalue weighted by Crippen LogP contribution is -2.14. The van der Waals surface area contributed by atoms with Gasteiger partial charge in [-0.05, 0) is 108 Å². The van der Waals surface area contributed by atoms with E-state index in [1.54, 1.807) is 0 Å². The van der Waals surface area contributed by atoms with Gasteiger partial charge in [0.2, 0.25) is 0 Å². The Labute approximate surface area is 269 Å². The lowest BCUT2D eigenvalue weighted by Gasteiger charge is -2.23. The van der Waals surface area contributed by atoms with Crippen LogP contribution in [0.1, 0.15) is 30.7 Å². The molecule has 1 heteroatoms. The highest BCUT2D eigenvalue weighted by molar-refractivity contribution is 6.23. The van der Waals surface area contributed by atoms with E-state index in [0.29, 0.717) is 0 Å². The summed E-state index contributed by atoms with van der Waals surface area (Å²) in [5, 5.41) is 6.22. The van der Waals surface area contributed by atoms with Crippen LogP contribution in [0.2, 0.25) is 0 Å². The van der Waals surface area contributed by atoms with Gasteiger partial charge in [-0.25, -0.2) is 0 Å². The maximum absolute atomic E-state index is 4.80. The van der Waals surface area contributed by atoms with Crippen molar-refractivity contribution in [2.75, 3.05) is 0 Å². The molecule has 8 aromatic rings. The number of hydrogen-bond donors (Lipinski definition) is 0. The minimum atomic E-state index is -0.0693. The topological polar surface area (TPSA) is 12.9 Å². The van der Waals surface area contributed by atoms with Crippen molar-refractivity contribution < 1.29 is 0 Å². The molecule has 0 radical (unpaired) electrons. The molecule has 1 nitrogen and oxygen atoms in total. The quantitative estimate of drug-likeness (QED) is 0.187. The van der Waals surface area contributed by atoms with Gasteiger partial charge in [0.15, 0.2) is 0 Å². The minimum absolute atomic E-state index is 0.0693. The van der Waals surface area contributed by atoms with Crippen LogP contribution < -0.4 is 0 Å². The molecule has 0 fully saturated rings. The monoisotopic (exact) mass is 587 g/mol. The number of pyridine rings is 1. The highest BCUT2D eigenvalue weighted by atomic mass is 14.7. The Hall–Kier alpha value is -5.53. The number of fused-ring (bicyclic) bond motifs is 6. The Balaban J connectivity index is 1.44. The summed E-state index contributed by atoms with van der Waals surface area (Å²) in [5.41, 5.74) is 15.0. The van der Waals surface area contributed by atoms with E-state index in [0.717, 1.165) is 16.6 Å². The molecule has 1 aliphatic rings. The third-order valence-corrected chi connectivity index (χ3v) is 10.1. The maximum Gasteiger partial charge on any atom is 0.0705 e. The van der Waals surface area contributed by atoms with Gasteiger partial charge in [-0.1, -0.05) is 135 Å². The fraction of sp³-hybridized carbons (Fsp3) is 0.0889. The summed E-state index contributed by atoms with van der Waals surface area (Å²) in [6.07, 6.45) is 0. The molecule has 9 rings (SSSR count). The normalized spacial score (nSPS) is 13.3. The Kier molecular flexibility index (Phi) is 5.83. The summed E-state index contributed by atoms with van der Waals surface area (Å²) >= 11 is 0. The Morgan fingerprint density at radius 2 is 1.11 bits per heavy atom. The second-order valence-electron chi connectivity index (χ2n) is 13.2. The zero-order chi connectivity index (χ0) is 31.0. The van der Waals surface area contributed by atoms with Gasteiger partial charge >= 0.3 is 0 Å². The molecule has 218 valence electrons. The molecule has 0 amide bonds. The van der Waals surface area contributed by atoms with Crippen molar-refractivity contribution >= 4 is 32.4 Å². The second kappa shape index (κ2) is 9.99. The number of rotatable bonds is 3. The van der Waals surface area contributed by atoms with Gasteiger partial charge in [0.25, 0.3) is 0 Å². The first-order valence-corrected chi connectivity index (χ1v) is 16.1. The van der Waals surface area contributed by atoms with Crippen molar-refractivity contribution in [3.8, 4) is 44.5 Å². The predicted octanol–water partition coefficient (Wildman–Crippen LogP) is 12.2. The van der Waals surface area contributed by atoms with Crippen molar-refractivity contribution in [3.05, 3.63) is 162 Å². The molecule has 7 aromatic carbocycles. The van der Waals surface area contributed by atoms with Crippen molar-refractivity contribution in [1.29, 1.82) is 0 Å². The summed E-state index contributed by atoms with van der Waals surface area (Å²) in [6.45, 7) is 6.78. The molecular weight excluding hydrogens is 555 g/mol. The van der Waals surface area contributed by atoms with E-state index in [1.165, 1.54) is 77.2 Å². The number of nitrogens with zero attached hydrogens (tertiary/aromatic N) is 1. The van der Waals surface area contributed by atoms with Crippen molar-refractivity contribution in [1.82, 2.24) is 4.98 Å². The van der Waals surface area contributed by atoms with Crippen LogP contribution in [0.3, 0.4) is 0 Å². The van der Waals surface area contributed by atoms with Crippen LogP contribution in [0, 0.1) is 6.92 Å². The van der Waals surface area contributed by atoms with E-state index in [9.17, 15) is 0 Å². The lowest BCUT2D eigenvalue weighted by atomic mass is 9.80. The average Bonchev–Trinajstić information content (AvgIpc) is 3.33. The Morgan fingerprint density at radius 3 is 1.96 bits per heavy atom. The number of aryl methyl sites for hydroxylation is 1. The Morgan fingerprint density at radius 1 is 0.435 bits per heavy atom. The highest BCUT2D eigenvalue weighted by Gasteiger charge is 2.37. The molecular formula is C45H33N. The largest absolute Gasteiger partial charge is 0.253 e. The molecule has 1 heterocycles. The van der Waals surface area contributed by atoms with Crippen molar-refractivity contribution in [2.24, 2.45) is 0 Å². The van der Waals surface area contributed by atoms with E-state index in [1.807, 2.05) is 0 Å². The molecule has 0 saturated carbocycles. The highest BCUT2D eigenvalue weighted by Crippen LogP contribution is 2.54. The van der Waals surface area contributed by atoms with E-state index < -0.39 is 0 Å². The van der Waals surface area contributed by atoms with Crippen molar-refractivity contribution in [2.45, 2.75) is 26.2 Å². The van der Waals surface area contributed by atoms with E-state index >= 15 is 0 Å². The summed E-state index contributed by atoms with van der Waals surface area (Å²) in [4.78, 5) is 4.80. The van der Waals surface area contributed by atoms with Gasteiger partial charge in [0.05, 0.1) is 5.52 Å². The third kappa shape index (κ3) is 3.91. The van der Waals surface area contributed by atoms with Gasteiger partial charge in [0, 0.05) is 16.5 Å². The van der Waals surface area contributed by atoms with E-state index in [4.69, 9.17) is 4.98 Å². The first-order valence-electron chi connectivity index (χ1n) is 16.1. The second-order valence-corrected chi connectivity index (χ2v) is 13.2. The summed E-state index contributed by atoms with van der Waals surface area (Å²) in [5.74, 6) is 0. The predicted molar refractivity (Wildman–Crippen MR) is 195 cm³/mol. The van der Waals surface area contributed by atoms with Gasteiger partial charge in [-0.2, -0.15) is 0 Å². The number of aromatic nitrogens is 1. The molecule has 46 heavy (non-hydrogen) atoms. The van der Waals surface area contributed by atoms with Crippen molar-refractivity contribution in [3.63, 3.8) is 0 Å². The van der Waals surface area contributed by atoms with Crippen LogP contribution in [0.25, 0.3) is 77.0 Å². The maximum atomic E-state index is 4.80. The molecule has 0 saturated heterocycles. The van der Waals surface area contributed by atoms with Gasteiger partial charge < -0.3 is 0 Å². The van der Waals surface area contributed by atoms with Crippen LogP contribution in [0.4, 0.5) is 0 Å². The van der Waals surface area contributed by atoms with Gasteiger partial charge in [-0.15, -0.1) is 0 Å². The van der Waals surface area contributed by atoms with E-state index in [-0.39, 0.29) is 5.41 Å². The van der Waals surface area contributed by atoms with Crippen LogP contribution in [-0.4, -0.2) is 4.98 Å². The molecule has 0 N–H and O–H groups in total. The number of benzene rings is 7. The van der Waals surface area contributed by atoms with Crippen LogP contribution in [-0.2, 0) is 5.41 Å². The number of hydrogen-bond acceptors (Lipinski definition) is 1. The van der Waals surface area contributed by atoms with Gasteiger partial charge in [-0.3, -0.25) is 4.98 Å². The zero-order valence-corrected chi connectivity index (χ0v) is 26.3. The molecule has 0 atom stereocenters. The summed E-state index contributed by atoms with van der Waals surface area (Å²) < 4.78 is 0. The first kappa shape index (κ1) is 26.8. The first-order chi connectivity index (χ1) is 22.5. The summed E-state index contributed by atoms with van der Waals surface area (Å²) in [6, 6.07) is 53.8.